The van der Waals surface area contributed by atoms with Crippen molar-refractivity contribution in [3.05, 3.63) is 35.4 Å². The van der Waals surface area contributed by atoms with E-state index >= 15 is 0 Å². The van der Waals surface area contributed by atoms with Crippen LogP contribution in [0.2, 0.25) is 0 Å². The average Bonchev–Trinajstić information content (AvgIpc) is 4.13. The van der Waals surface area contributed by atoms with Crippen LogP contribution in [-0.2, 0) is 35.1 Å². The number of aliphatic carboxylic acids is 1. The van der Waals surface area contributed by atoms with Crippen LogP contribution in [0.4, 0.5) is 9.59 Å². The average molecular weight is 1060 g/mol. The number of nitrogens with one attached hydrogen (secondary N) is 7. The van der Waals surface area contributed by atoms with Gasteiger partial charge in [-0.1, -0.05) is 63.5 Å². The van der Waals surface area contributed by atoms with Gasteiger partial charge in [-0.05, 0) is 96.0 Å². The highest BCUT2D eigenvalue weighted by Crippen LogP contribution is 2.34. The van der Waals surface area contributed by atoms with Crippen LogP contribution in [-0.4, -0.2) is 163 Å². The van der Waals surface area contributed by atoms with Crippen LogP contribution in [0, 0.1) is 0 Å². The third kappa shape index (κ3) is 24.2. The molecule has 0 saturated carbocycles. The second-order valence-corrected chi connectivity index (χ2v) is 22.8. The summed E-state index contributed by atoms with van der Waals surface area (Å²) < 4.78 is 16.2. The Morgan fingerprint density at radius 2 is 1.10 bits per heavy atom. The number of hydrogen-bond acceptors (Lipinski definition) is 12. The number of rotatable bonds is 41. The van der Waals surface area contributed by atoms with Crippen LogP contribution >= 0.6 is 23.5 Å². The first-order valence-electron chi connectivity index (χ1n) is 27.4. The van der Waals surface area contributed by atoms with Crippen LogP contribution in [0.25, 0.3) is 0 Å². The first-order chi connectivity index (χ1) is 35.4. The third-order valence-electron chi connectivity index (χ3n) is 14.1. The van der Waals surface area contributed by atoms with Crippen molar-refractivity contribution < 1.29 is 48.1 Å². The van der Waals surface area contributed by atoms with Gasteiger partial charge in [-0.25, -0.2) is 9.59 Å². The van der Waals surface area contributed by atoms with Gasteiger partial charge in [0, 0.05) is 65.6 Å². The molecule has 73 heavy (non-hydrogen) atoms. The fourth-order valence-corrected chi connectivity index (χ4v) is 13.1. The molecule has 412 valence electrons. The molecule has 2 unspecified atom stereocenters. The topological polar surface area (TPSA) is 238 Å². The number of hydrogen-bond donors (Lipinski definition) is 8. The quantitative estimate of drug-likeness (QED) is 0.0274. The number of thioether (sulfide) groups is 2. The van der Waals surface area contributed by atoms with Crippen LogP contribution in [0.15, 0.2) is 24.3 Å². The second kappa shape index (κ2) is 34.7. The largest absolute Gasteiger partial charge is 0.481 e. The maximum atomic E-state index is 12.9. The van der Waals surface area contributed by atoms with Crippen molar-refractivity contribution in [2.75, 3.05) is 70.8 Å². The fraction of sp³-hybridized carbons (Fsp3) is 0.774. The maximum absolute atomic E-state index is 12.9. The van der Waals surface area contributed by atoms with Gasteiger partial charge in [-0.3, -0.25) is 24.1 Å². The highest BCUT2D eigenvalue weighted by Gasteiger charge is 2.43. The highest BCUT2D eigenvalue weighted by molar-refractivity contribution is 8.00. The number of carbonyl (C=O) groups excluding carboxylic acids is 5. The van der Waals surface area contributed by atoms with E-state index in [4.69, 9.17) is 19.3 Å². The molecule has 5 rings (SSSR count). The number of ether oxygens (including phenoxy) is 3. The van der Waals surface area contributed by atoms with E-state index in [0.717, 1.165) is 139 Å². The number of urea groups is 2. The molecular formula is C53H88N8O10S2. The molecule has 4 saturated heterocycles. The molecule has 18 nitrogen and oxygen atoms in total. The number of carboxylic acid groups (broad SMARTS) is 1. The summed E-state index contributed by atoms with van der Waals surface area (Å²) in [4.78, 5) is 74.6. The molecule has 0 aromatic heterocycles. The Bertz CT molecular complexity index is 1740. The molecule has 1 aromatic rings. The predicted molar refractivity (Wildman–Crippen MR) is 288 cm³/mol. The molecule has 4 aliphatic rings. The van der Waals surface area contributed by atoms with Gasteiger partial charge in [0.25, 0.3) is 5.91 Å². The van der Waals surface area contributed by atoms with E-state index in [2.05, 4.69) is 56.0 Å². The smallest absolute Gasteiger partial charge is 0.315 e. The minimum Gasteiger partial charge on any atom is -0.481 e. The summed E-state index contributed by atoms with van der Waals surface area (Å²) in [6, 6.07) is 8.93. The number of unbranched alkanes of at least 4 members (excludes halogenated alkanes) is 8. The Morgan fingerprint density at radius 1 is 0.616 bits per heavy atom. The molecule has 8 N–H and O–H groups in total. The Hall–Kier alpha value is -3.82. The van der Waals surface area contributed by atoms with E-state index in [1.54, 1.807) is 0 Å². The molecule has 0 aliphatic carbocycles. The summed E-state index contributed by atoms with van der Waals surface area (Å²) in [6.45, 7) is 9.33. The lowest BCUT2D eigenvalue weighted by atomic mass is 10.0. The van der Waals surface area contributed by atoms with E-state index < -0.39 is 5.97 Å². The van der Waals surface area contributed by atoms with Gasteiger partial charge in [0.1, 0.15) is 0 Å². The standard InChI is InChI=1S/C53H88N8O10S2/c1-38(55-46(62)19-11-9-17-44-49-42(36-72-44)57-52(67)59-49)15-7-3-5-13-27-61(35-40-21-23-41(24-22-40)51(66)54-26-30-70-32-34-71-33-31-69-29-25-48(64)65)28-14-6-4-8-16-39(2)56-47(63)20-12-10-18-45-50-43(37-73-45)58-53(68)60-50/h21-24,38-39,42-45,49-50H,3-20,25-37H2,1-2H3,(H,54,66)(H,55,62)(H,56,63)(H,64,65)(H2,57,59,67)(H2,58,60,68)/t38?,39?,42-,43-,44-,45-,49-,50-/m0/s1. The van der Waals surface area contributed by atoms with Crippen molar-refractivity contribution in [2.45, 2.75) is 189 Å². The van der Waals surface area contributed by atoms with Crippen molar-refractivity contribution in [3.63, 3.8) is 0 Å². The molecule has 0 bridgehead atoms. The molecule has 0 spiro atoms. The molecule has 7 amide bonds. The molecule has 1 aromatic carbocycles. The predicted octanol–water partition coefficient (Wildman–Crippen LogP) is 6.10. The molecule has 4 aliphatic heterocycles. The van der Waals surface area contributed by atoms with Crippen molar-refractivity contribution in [2.24, 2.45) is 0 Å². The van der Waals surface area contributed by atoms with Gasteiger partial charge in [-0.2, -0.15) is 23.5 Å². The molecule has 0 radical (unpaired) electrons. The molecule has 20 heteroatoms. The normalized spacial score (nSPS) is 21.7. The van der Waals surface area contributed by atoms with Gasteiger partial charge < -0.3 is 56.5 Å². The van der Waals surface area contributed by atoms with Crippen molar-refractivity contribution in [1.82, 2.24) is 42.1 Å². The fourth-order valence-electron chi connectivity index (χ4n) is 10.00. The minimum absolute atomic E-state index is 0.0307. The first kappa shape index (κ1) is 60.0. The second-order valence-electron chi connectivity index (χ2n) is 20.3. The number of carbonyl (C=O) groups is 6. The van der Waals surface area contributed by atoms with Crippen LogP contribution in [0.3, 0.4) is 0 Å². The molecule has 8 atom stereocenters. The summed E-state index contributed by atoms with van der Waals surface area (Å²) in [5, 5.41) is 30.9. The Morgan fingerprint density at radius 3 is 1.60 bits per heavy atom. The number of benzene rings is 1. The summed E-state index contributed by atoms with van der Waals surface area (Å²) in [5.41, 5.74) is 1.77. The Balaban J connectivity index is 0.932. The van der Waals surface area contributed by atoms with Crippen LogP contribution < -0.4 is 37.2 Å². The monoisotopic (exact) mass is 1060 g/mol. The van der Waals surface area contributed by atoms with Crippen LogP contribution in [0.1, 0.15) is 152 Å². The van der Waals surface area contributed by atoms with Crippen molar-refractivity contribution in [3.8, 4) is 0 Å². The van der Waals surface area contributed by atoms with Gasteiger partial charge in [0.05, 0.1) is 70.2 Å². The molecule has 4 fully saturated rings. The Kier molecular flexibility index (Phi) is 28.5. The lowest BCUT2D eigenvalue weighted by Crippen LogP contribution is -2.36. The third-order valence-corrected chi connectivity index (χ3v) is 17.1. The maximum Gasteiger partial charge on any atom is 0.315 e. The Labute approximate surface area is 443 Å². The van der Waals surface area contributed by atoms with Crippen molar-refractivity contribution >= 4 is 59.3 Å². The summed E-state index contributed by atoms with van der Waals surface area (Å²) in [5.74, 6) is 1.12. The van der Waals surface area contributed by atoms with E-state index in [1.165, 1.54) is 0 Å². The number of fused-ring (bicyclic) bond motifs is 2. The summed E-state index contributed by atoms with van der Waals surface area (Å²) in [6.07, 6.45) is 17.5. The summed E-state index contributed by atoms with van der Waals surface area (Å²) in [7, 11) is 0. The molecule has 4 heterocycles. The number of amides is 7. The van der Waals surface area contributed by atoms with E-state index in [-0.39, 0.29) is 79.1 Å². The zero-order chi connectivity index (χ0) is 52.0. The van der Waals surface area contributed by atoms with Gasteiger partial charge in [0.15, 0.2) is 0 Å². The van der Waals surface area contributed by atoms with Crippen molar-refractivity contribution in [1.29, 1.82) is 0 Å². The van der Waals surface area contributed by atoms with Gasteiger partial charge >= 0.3 is 18.0 Å². The van der Waals surface area contributed by atoms with Gasteiger partial charge in [0.2, 0.25) is 11.8 Å². The zero-order valence-corrected chi connectivity index (χ0v) is 45.4. The van der Waals surface area contributed by atoms with Gasteiger partial charge in [-0.15, -0.1) is 0 Å². The first-order valence-corrected chi connectivity index (χ1v) is 29.5. The SMILES string of the molecule is CC(CCCCCCN(CCCCCCC(C)NC(=O)CCCC[C@@H]1SC[C@@H]2NC(=O)N[C@@H]21)Cc1ccc(C(=O)NCCOCCOCCOCCC(=O)O)cc1)NC(=O)CCCC[C@@H]1SC[C@@H]2NC(=O)N[C@@H]21. The summed E-state index contributed by atoms with van der Waals surface area (Å²) >= 11 is 3.84. The van der Waals surface area contributed by atoms with E-state index in [0.29, 0.717) is 68.5 Å². The lowest BCUT2D eigenvalue weighted by molar-refractivity contribution is -0.138. The lowest BCUT2D eigenvalue weighted by Gasteiger charge is -2.23. The minimum atomic E-state index is -0.893. The zero-order valence-electron chi connectivity index (χ0n) is 43.7. The highest BCUT2D eigenvalue weighted by atomic mass is 32.2. The molecular weight excluding hydrogens is 973 g/mol. The van der Waals surface area contributed by atoms with Crippen LogP contribution in [0.5, 0.6) is 0 Å². The van der Waals surface area contributed by atoms with E-state index in [1.807, 2.05) is 47.8 Å². The van der Waals surface area contributed by atoms with E-state index in [9.17, 15) is 28.8 Å². The number of carboxylic acids is 1. The number of nitrogens with zero attached hydrogens (tertiary/aromatic N) is 1.